The number of carbonyl (C=O) groups excluding carboxylic acids is 1. The van der Waals surface area contributed by atoms with Gasteiger partial charge in [-0.2, -0.15) is 0 Å². The molecule has 28 heavy (non-hydrogen) atoms. The van der Waals surface area contributed by atoms with Gasteiger partial charge in [0, 0.05) is 37.3 Å². The highest BCUT2D eigenvalue weighted by Gasteiger charge is 2.28. The lowest BCUT2D eigenvalue weighted by Gasteiger charge is -2.18. The number of aryl methyl sites for hydroxylation is 1. The van der Waals surface area contributed by atoms with E-state index in [1.165, 1.54) is 18.4 Å². The molecule has 0 saturated carbocycles. The number of anilines is 1. The van der Waals surface area contributed by atoms with E-state index < -0.39 is 10.0 Å². The van der Waals surface area contributed by atoms with Crippen LogP contribution in [-0.4, -0.2) is 39.3 Å². The van der Waals surface area contributed by atoms with Crippen molar-refractivity contribution in [1.29, 1.82) is 0 Å². The van der Waals surface area contributed by atoms with Gasteiger partial charge in [-0.3, -0.25) is 4.79 Å². The van der Waals surface area contributed by atoms with Crippen molar-refractivity contribution in [3.05, 3.63) is 59.4 Å². The van der Waals surface area contributed by atoms with Gasteiger partial charge in [0.25, 0.3) is 0 Å². The van der Waals surface area contributed by atoms with E-state index in [0.29, 0.717) is 13.0 Å². The first-order valence-corrected chi connectivity index (χ1v) is 10.5. The molecule has 0 bridgehead atoms. The monoisotopic (exact) mass is 398 g/mol. The van der Waals surface area contributed by atoms with Crippen LogP contribution in [0.5, 0.6) is 0 Å². The van der Waals surface area contributed by atoms with Gasteiger partial charge in [-0.25, -0.2) is 12.7 Å². The highest BCUT2D eigenvalue weighted by molar-refractivity contribution is 7.89. The second kappa shape index (κ2) is 6.76. The Kier molecular flexibility index (Phi) is 4.51. The molecule has 0 fully saturated rings. The third kappa shape index (κ3) is 3.10. The van der Waals surface area contributed by atoms with Crippen molar-refractivity contribution in [2.45, 2.75) is 24.7 Å². The number of amides is 1. The van der Waals surface area contributed by atoms with E-state index in [4.69, 9.17) is 4.42 Å². The maximum Gasteiger partial charge on any atom is 0.242 e. The zero-order valence-electron chi connectivity index (χ0n) is 16.1. The van der Waals surface area contributed by atoms with Crippen molar-refractivity contribution >= 4 is 32.6 Å². The van der Waals surface area contributed by atoms with E-state index in [9.17, 15) is 13.2 Å². The first-order chi connectivity index (χ1) is 13.3. The lowest BCUT2D eigenvalue weighted by molar-refractivity contribution is -0.117. The van der Waals surface area contributed by atoms with Crippen LogP contribution in [0.2, 0.25) is 0 Å². The first kappa shape index (κ1) is 18.7. The maximum absolute atomic E-state index is 12.9. The summed E-state index contributed by atoms with van der Waals surface area (Å²) >= 11 is 0. The Hall–Kier alpha value is -2.64. The van der Waals surface area contributed by atoms with E-state index in [1.807, 2.05) is 25.1 Å². The van der Waals surface area contributed by atoms with Crippen molar-refractivity contribution in [1.82, 2.24) is 4.31 Å². The van der Waals surface area contributed by atoms with Gasteiger partial charge >= 0.3 is 0 Å². The molecule has 2 heterocycles. The molecule has 146 valence electrons. The van der Waals surface area contributed by atoms with E-state index in [2.05, 4.69) is 0 Å². The molecule has 2 aromatic carbocycles. The minimum absolute atomic E-state index is 0.0229. The van der Waals surface area contributed by atoms with Gasteiger partial charge in [0.05, 0.1) is 17.6 Å². The molecule has 4 rings (SSSR count). The summed E-state index contributed by atoms with van der Waals surface area (Å²) in [6, 6.07) is 10.9. The molecule has 1 aliphatic heterocycles. The average molecular weight is 398 g/mol. The molecule has 0 unspecified atom stereocenters. The van der Waals surface area contributed by atoms with Gasteiger partial charge in [0.2, 0.25) is 15.9 Å². The summed E-state index contributed by atoms with van der Waals surface area (Å²) in [5.41, 5.74) is 4.41. The van der Waals surface area contributed by atoms with Crippen LogP contribution < -0.4 is 4.90 Å². The van der Waals surface area contributed by atoms with Crippen LogP contribution in [0, 0.1) is 6.92 Å². The second-order valence-electron chi connectivity index (χ2n) is 7.31. The van der Waals surface area contributed by atoms with Gasteiger partial charge in [0.15, 0.2) is 0 Å². The normalized spacial score (nSPS) is 14.1. The number of nitrogens with zero attached hydrogens (tertiary/aromatic N) is 2. The molecular weight excluding hydrogens is 376 g/mol. The van der Waals surface area contributed by atoms with Gasteiger partial charge in [-0.05, 0) is 48.7 Å². The van der Waals surface area contributed by atoms with Crippen molar-refractivity contribution in [3.8, 4) is 0 Å². The minimum atomic E-state index is -3.49. The fourth-order valence-corrected chi connectivity index (χ4v) is 4.55. The summed E-state index contributed by atoms with van der Waals surface area (Å²) in [4.78, 5) is 14.9. The zero-order chi connectivity index (χ0) is 20.1. The Labute approximate surface area is 164 Å². The van der Waals surface area contributed by atoms with Gasteiger partial charge in [-0.15, -0.1) is 0 Å². The SMILES string of the molecule is Cc1ccc2c(CC(=O)N3CCc4cc(S(=O)(=O)N(C)C)ccc43)coc2c1. The third-order valence-corrected chi connectivity index (χ3v) is 6.99. The van der Waals surface area contributed by atoms with Crippen LogP contribution >= 0.6 is 0 Å². The van der Waals surface area contributed by atoms with E-state index in [0.717, 1.165) is 33.3 Å². The third-order valence-electron chi connectivity index (χ3n) is 5.18. The molecule has 1 amide bonds. The molecule has 1 aliphatic rings. The Morgan fingerprint density at radius 3 is 2.71 bits per heavy atom. The van der Waals surface area contributed by atoms with Crippen molar-refractivity contribution < 1.29 is 17.6 Å². The lowest BCUT2D eigenvalue weighted by atomic mass is 10.1. The number of hydrogen-bond acceptors (Lipinski definition) is 4. The molecule has 1 aromatic heterocycles. The van der Waals surface area contributed by atoms with Gasteiger partial charge in [0.1, 0.15) is 5.58 Å². The molecule has 0 N–H and O–H groups in total. The molecule has 0 spiro atoms. The van der Waals surface area contributed by atoms with Crippen molar-refractivity contribution in [3.63, 3.8) is 0 Å². The fraction of sp³-hybridized carbons (Fsp3) is 0.286. The summed E-state index contributed by atoms with van der Waals surface area (Å²) in [5, 5.41) is 0.950. The second-order valence-corrected chi connectivity index (χ2v) is 9.46. The van der Waals surface area contributed by atoms with E-state index in [1.54, 1.807) is 29.4 Å². The Morgan fingerprint density at radius 2 is 1.96 bits per heavy atom. The number of rotatable bonds is 4. The molecule has 6 nitrogen and oxygen atoms in total. The molecule has 7 heteroatoms. The summed E-state index contributed by atoms with van der Waals surface area (Å²) in [7, 11) is -0.470. The van der Waals surface area contributed by atoms with Crippen molar-refractivity contribution in [2.24, 2.45) is 0 Å². The number of carbonyl (C=O) groups is 1. The molecule has 0 radical (unpaired) electrons. The van der Waals surface area contributed by atoms with Crippen LogP contribution in [0.1, 0.15) is 16.7 Å². The van der Waals surface area contributed by atoms with Crippen molar-refractivity contribution in [2.75, 3.05) is 25.5 Å². The topological polar surface area (TPSA) is 70.8 Å². The zero-order valence-corrected chi connectivity index (χ0v) is 16.9. The summed E-state index contributed by atoms with van der Waals surface area (Å²) in [6.45, 7) is 2.55. The average Bonchev–Trinajstić information content (AvgIpc) is 3.24. The van der Waals surface area contributed by atoms with Crippen LogP contribution in [-0.2, 0) is 27.7 Å². The smallest absolute Gasteiger partial charge is 0.242 e. The number of benzene rings is 2. The Balaban J connectivity index is 1.59. The summed E-state index contributed by atoms with van der Waals surface area (Å²) < 4.78 is 31.5. The van der Waals surface area contributed by atoms with E-state index in [-0.39, 0.29) is 17.2 Å². The lowest BCUT2D eigenvalue weighted by Crippen LogP contribution is -2.30. The highest BCUT2D eigenvalue weighted by atomic mass is 32.2. The highest BCUT2D eigenvalue weighted by Crippen LogP contribution is 2.32. The first-order valence-electron chi connectivity index (χ1n) is 9.10. The minimum Gasteiger partial charge on any atom is -0.464 e. The quantitative estimate of drug-likeness (QED) is 0.677. The summed E-state index contributed by atoms with van der Waals surface area (Å²) in [6.07, 6.45) is 2.53. The Bertz CT molecular complexity index is 1180. The number of hydrogen-bond donors (Lipinski definition) is 0. The largest absolute Gasteiger partial charge is 0.464 e. The molecule has 3 aromatic rings. The number of fused-ring (bicyclic) bond motifs is 2. The predicted octanol–water partition coefficient (Wildman–Crippen LogP) is 3.12. The maximum atomic E-state index is 12.9. The van der Waals surface area contributed by atoms with E-state index >= 15 is 0 Å². The summed E-state index contributed by atoms with van der Waals surface area (Å²) in [5.74, 6) is -0.0229. The van der Waals surface area contributed by atoms with Crippen LogP contribution in [0.4, 0.5) is 5.69 Å². The molecule has 0 aliphatic carbocycles. The van der Waals surface area contributed by atoms with Crippen LogP contribution in [0.15, 0.2) is 52.0 Å². The Morgan fingerprint density at radius 1 is 1.18 bits per heavy atom. The van der Waals surface area contributed by atoms with Gasteiger partial charge in [-0.1, -0.05) is 12.1 Å². The molecule has 0 atom stereocenters. The van der Waals surface area contributed by atoms with Gasteiger partial charge < -0.3 is 9.32 Å². The molecular formula is C21H22N2O4S. The standard InChI is InChI=1S/C21H22N2O4S/c1-14-4-6-18-16(13-27-20(18)10-14)12-21(24)23-9-8-15-11-17(5-7-19(15)23)28(25,26)22(2)3/h4-7,10-11,13H,8-9,12H2,1-3H3. The fourth-order valence-electron chi connectivity index (χ4n) is 3.59. The number of sulfonamides is 1. The van der Waals surface area contributed by atoms with Crippen LogP contribution in [0.25, 0.3) is 11.0 Å². The van der Waals surface area contributed by atoms with Crippen LogP contribution in [0.3, 0.4) is 0 Å². The molecule has 0 saturated heterocycles. The number of furan rings is 1. The predicted molar refractivity (Wildman–Crippen MR) is 108 cm³/mol.